The second-order valence-corrected chi connectivity index (χ2v) is 6.37. The van der Waals surface area contributed by atoms with Crippen molar-refractivity contribution < 1.29 is 14.6 Å². The molecular formula is C21H30IN3O3. The summed E-state index contributed by atoms with van der Waals surface area (Å²) < 4.78 is 10.6. The van der Waals surface area contributed by atoms with Gasteiger partial charge < -0.3 is 25.2 Å². The van der Waals surface area contributed by atoms with Gasteiger partial charge in [-0.05, 0) is 31.5 Å². The molecule has 0 saturated carbocycles. The van der Waals surface area contributed by atoms with Crippen LogP contribution in [0.1, 0.15) is 25.0 Å². The highest BCUT2D eigenvalue weighted by molar-refractivity contribution is 14.0. The van der Waals surface area contributed by atoms with Crippen LogP contribution < -0.4 is 20.1 Å². The average molecular weight is 499 g/mol. The van der Waals surface area contributed by atoms with Gasteiger partial charge in [-0.1, -0.05) is 30.3 Å². The van der Waals surface area contributed by atoms with Crippen LogP contribution in [0.5, 0.6) is 11.5 Å². The highest BCUT2D eigenvalue weighted by Gasteiger charge is 2.22. The molecule has 0 radical (unpaired) electrons. The number of rotatable bonds is 8. The number of aliphatic imine (C=N–C) groups is 1. The molecule has 1 unspecified atom stereocenters. The second-order valence-electron chi connectivity index (χ2n) is 6.37. The predicted octanol–water partition coefficient (Wildman–Crippen LogP) is 3.28. The second kappa shape index (κ2) is 11.8. The number of methoxy groups -OCH3 is 2. The Morgan fingerprint density at radius 1 is 1.07 bits per heavy atom. The summed E-state index contributed by atoms with van der Waals surface area (Å²) in [7, 11) is 3.25. The monoisotopic (exact) mass is 499 g/mol. The topological polar surface area (TPSA) is 75.1 Å². The van der Waals surface area contributed by atoms with E-state index in [2.05, 4.69) is 15.6 Å². The Bertz CT molecular complexity index is 752. The van der Waals surface area contributed by atoms with Gasteiger partial charge in [0.1, 0.15) is 17.1 Å². The third-order valence-electron chi connectivity index (χ3n) is 4.24. The van der Waals surface area contributed by atoms with Gasteiger partial charge in [0.15, 0.2) is 5.96 Å². The molecule has 28 heavy (non-hydrogen) atoms. The molecule has 0 saturated heterocycles. The average Bonchev–Trinajstić information content (AvgIpc) is 2.70. The molecule has 0 heterocycles. The molecule has 2 aromatic carbocycles. The molecular weight excluding hydrogens is 469 g/mol. The molecule has 0 bridgehead atoms. The summed E-state index contributed by atoms with van der Waals surface area (Å²) in [6, 6.07) is 15.2. The summed E-state index contributed by atoms with van der Waals surface area (Å²) in [5.74, 6) is 2.10. The van der Waals surface area contributed by atoms with E-state index in [1.165, 1.54) is 0 Å². The van der Waals surface area contributed by atoms with Crippen molar-refractivity contribution in [2.24, 2.45) is 4.99 Å². The Morgan fingerprint density at radius 2 is 1.79 bits per heavy atom. The van der Waals surface area contributed by atoms with Crippen molar-refractivity contribution in [2.75, 3.05) is 27.3 Å². The lowest BCUT2D eigenvalue weighted by molar-refractivity contribution is 0.0617. The molecule has 0 spiro atoms. The van der Waals surface area contributed by atoms with Gasteiger partial charge in [-0.25, -0.2) is 4.99 Å². The van der Waals surface area contributed by atoms with Crippen molar-refractivity contribution in [1.82, 2.24) is 10.6 Å². The number of guanidine groups is 1. The van der Waals surface area contributed by atoms with Crippen molar-refractivity contribution >= 4 is 29.9 Å². The zero-order valence-electron chi connectivity index (χ0n) is 16.9. The minimum atomic E-state index is -1.00. The van der Waals surface area contributed by atoms with Crippen LogP contribution in [-0.4, -0.2) is 38.4 Å². The molecule has 154 valence electrons. The van der Waals surface area contributed by atoms with Crippen LogP contribution in [0, 0.1) is 0 Å². The van der Waals surface area contributed by atoms with E-state index in [1.807, 2.05) is 55.5 Å². The maximum Gasteiger partial charge on any atom is 0.191 e. The van der Waals surface area contributed by atoms with Gasteiger partial charge >= 0.3 is 0 Å². The van der Waals surface area contributed by atoms with Gasteiger partial charge in [0, 0.05) is 18.2 Å². The van der Waals surface area contributed by atoms with E-state index < -0.39 is 5.60 Å². The van der Waals surface area contributed by atoms with Gasteiger partial charge in [-0.3, -0.25) is 0 Å². The summed E-state index contributed by atoms with van der Waals surface area (Å²) in [6.45, 7) is 5.28. The van der Waals surface area contributed by atoms with Crippen LogP contribution in [0.15, 0.2) is 53.5 Å². The van der Waals surface area contributed by atoms with Gasteiger partial charge in [0.05, 0.1) is 27.3 Å². The quantitative estimate of drug-likeness (QED) is 0.296. The third-order valence-corrected chi connectivity index (χ3v) is 4.24. The molecule has 0 aliphatic carbocycles. The summed E-state index contributed by atoms with van der Waals surface area (Å²) in [5.41, 5.74) is 0.797. The Morgan fingerprint density at radius 3 is 2.39 bits per heavy atom. The third kappa shape index (κ3) is 6.87. The number of aliphatic hydroxyl groups is 1. The van der Waals surface area contributed by atoms with Crippen molar-refractivity contribution in [3.8, 4) is 11.5 Å². The Hall–Kier alpha value is -2.00. The standard InChI is InChI=1S/C21H29N3O3.HI/c1-5-22-20(24-15-21(2,25)17-9-7-6-8-10-17)23-14-16-11-12-18(26-3)13-19(16)27-4;/h6-13,25H,5,14-15H2,1-4H3,(H2,22,23,24);1H. The van der Waals surface area contributed by atoms with E-state index >= 15 is 0 Å². The van der Waals surface area contributed by atoms with Crippen LogP contribution >= 0.6 is 24.0 Å². The Kier molecular flexibility index (Phi) is 10.1. The summed E-state index contributed by atoms with van der Waals surface area (Å²) in [5, 5.41) is 17.2. The van der Waals surface area contributed by atoms with Crippen LogP contribution in [-0.2, 0) is 12.1 Å². The van der Waals surface area contributed by atoms with Gasteiger partial charge in [0.2, 0.25) is 0 Å². The lowest BCUT2D eigenvalue weighted by atomic mass is 9.96. The highest BCUT2D eigenvalue weighted by atomic mass is 127. The first-order valence-corrected chi connectivity index (χ1v) is 9.01. The van der Waals surface area contributed by atoms with E-state index in [-0.39, 0.29) is 24.0 Å². The number of hydrogen-bond donors (Lipinski definition) is 3. The van der Waals surface area contributed by atoms with Crippen LogP contribution in [0.2, 0.25) is 0 Å². The van der Waals surface area contributed by atoms with Crippen LogP contribution in [0.3, 0.4) is 0 Å². The van der Waals surface area contributed by atoms with Crippen LogP contribution in [0.4, 0.5) is 0 Å². The lowest BCUT2D eigenvalue weighted by Gasteiger charge is -2.25. The highest BCUT2D eigenvalue weighted by Crippen LogP contribution is 2.25. The number of hydrogen-bond acceptors (Lipinski definition) is 4. The molecule has 2 rings (SSSR count). The molecule has 0 fully saturated rings. The largest absolute Gasteiger partial charge is 0.497 e. The molecule has 0 aromatic heterocycles. The summed E-state index contributed by atoms with van der Waals surface area (Å²) in [6.07, 6.45) is 0. The lowest BCUT2D eigenvalue weighted by Crippen LogP contribution is -2.44. The maximum absolute atomic E-state index is 10.7. The first-order valence-electron chi connectivity index (χ1n) is 9.01. The molecule has 2 aromatic rings. The molecule has 6 nitrogen and oxygen atoms in total. The zero-order valence-corrected chi connectivity index (χ0v) is 19.2. The SMILES string of the molecule is CCNC(=NCc1ccc(OC)cc1OC)NCC(C)(O)c1ccccc1.I. The molecule has 0 aliphatic rings. The van der Waals surface area contributed by atoms with Gasteiger partial charge in [-0.15, -0.1) is 24.0 Å². The Labute approximate surface area is 184 Å². The van der Waals surface area contributed by atoms with Gasteiger partial charge in [-0.2, -0.15) is 0 Å². The van der Waals surface area contributed by atoms with Crippen LogP contribution in [0.25, 0.3) is 0 Å². The van der Waals surface area contributed by atoms with E-state index in [1.54, 1.807) is 21.1 Å². The Balaban J connectivity index is 0.00000392. The molecule has 0 amide bonds. The molecule has 3 N–H and O–H groups in total. The number of nitrogens with one attached hydrogen (secondary N) is 2. The number of nitrogens with zero attached hydrogens (tertiary/aromatic N) is 1. The zero-order chi connectivity index (χ0) is 19.7. The molecule has 7 heteroatoms. The molecule has 1 atom stereocenters. The minimum absolute atomic E-state index is 0. The summed E-state index contributed by atoms with van der Waals surface area (Å²) in [4.78, 5) is 4.61. The van der Waals surface area contributed by atoms with Crippen molar-refractivity contribution in [2.45, 2.75) is 26.0 Å². The number of halogens is 1. The normalized spacial score (nSPS) is 13.1. The van der Waals surface area contributed by atoms with Crippen molar-refractivity contribution in [3.63, 3.8) is 0 Å². The fourth-order valence-electron chi connectivity index (χ4n) is 2.64. The first kappa shape index (κ1) is 24.0. The van der Waals surface area contributed by atoms with E-state index in [0.29, 0.717) is 19.0 Å². The number of benzene rings is 2. The first-order chi connectivity index (χ1) is 13.0. The van der Waals surface area contributed by atoms with E-state index in [0.717, 1.165) is 29.2 Å². The van der Waals surface area contributed by atoms with E-state index in [9.17, 15) is 5.11 Å². The fraction of sp³-hybridized carbons (Fsp3) is 0.381. The predicted molar refractivity (Wildman–Crippen MR) is 124 cm³/mol. The smallest absolute Gasteiger partial charge is 0.191 e. The van der Waals surface area contributed by atoms with E-state index in [4.69, 9.17) is 9.47 Å². The summed E-state index contributed by atoms with van der Waals surface area (Å²) >= 11 is 0. The van der Waals surface area contributed by atoms with Crippen molar-refractivity contribution in [1.29, 1.82) is 0 Å². The number of ether oxygens (including phenoxy) is 2. The fourth-order valence-corrected chi connectivity index (χ4v) is 2.64. The van der Waals surface area contributed by atoms with Gasteiger partial charge in [0.25, 0.3) is 0 Å². The molecule has 0 aliphatic heterocycles. The minimum Gasteiger partial charge on any atom is -0.497 e. The van der Waals surface area contributed by atoms with Crippen molar-refractivity contribution in [3.05, 3.63) is 59.7 Å². The maximum atomic E-state index is 10.7.